The van der Waals surface area contributed by atoms with Crippen LogP contribution < -0.4 is 0 Å². The molecule has 0 spiro atoms. The zero-order chi connectivity index (χ0) is 16.1. The van der Waals surface area contributed by atoms with E-state index in [1.54, 1.807) is 23.1 Å². The molecule has 3 aromatic rings. The van der Waals surface area contributed by atoms with Crippen molar-refractivity contribution in [2.24, 2.45) is 0 Å². The molecule has 110 valence electrons. The van der Waals surface area contributed by atoms with E-state index < -0.39 is 0 Å². The fourth-order valence-electron chi connectivity index (χ4n) is 2.15. The zero-order valence-corrected chi connectivity index (χ0v) is 13.7. The number of rotatable bonds is 4. The maximum Gasteiger partial charge on any atom is 0.151 e. The summed E-state index contributed by atoms with van der Waals surface area (Å²) in [6.07, 6.45) is 0. The van der Waals surface area contributed by atoms with Crippen LogP contribution in [0.1, 0.15) is 5.56 Å². The molecule has 0 aliphatic heterocycles. The van der Waals surface area contributed by atoms with Crippen molar-refractivity contribution >= 4 is 38.9 Å². The Hall–Kier alpha value is -2.60. The first-order valence-electron chi connectivity index (χ1n) is 6.89. The molecule has 0 atom stereocenters. The van der Waals surface area contributed by atoms with E-state index in [2.05, 4.69) is 4.98 Å². The predicted molar refractivity (Wildman–Crippen MR) is 94.9 cm³/mol. The van der Waals surface area contributed by atoms with Crippen LogP contribution in [0.3, 0.4) is 0 Å². The van der Waals surface area contributed by atoms with Crippen LogP contribution in [0.5, 0.6) is 0 Å². The smallest absolute Gasteiger partial charge is 0.151 e. The molecule has 0 fully saturated rings. The van der Waals surface area contributed by atoms with E-state index >= 15 is 0 Å². The normalized spacial score (nSPS) is 10.0. The summed E-state index contributed by atoms with van der Waals surface area (Å²) in [6, 6.07) is 21.6. The Morgan fingerprint density at radius 1 is 1.00 bits per heavy atom. The number of thioether (sulfide) groups is 1. The van der Waals surface area contributed by atoms with E-state index in [1.165, 1.54) is 0 Å². The Bertz CT molecular complexity index is 895. The highest BCUT2D eigenvalue weighted by atomic mass is 32.2. The quantitative estimate of drug-likeness (QED) is 0.504. The SMILES string of the molecule is N#CC(C#N)=C(CSc1nc2ccccc2s1)c1ccccc1. The molecule has 1 heterocycles. The lowest BCUT2D eigenvalue weighted by Crippen LogP contribution is -1.92. The van der Waals surface area contributed by atoms with Crippen LogP contribution in [-0.4, -0.2) is 10.7 Å². The van der Waals surface area contributed by atoms with Gasteiger partial charge in [0.25, 0.3) is 0 Å². The highest BCUT2D eigenvalue weighted by Gasteiger charge is 2.11. The van der Waals surface area contributed by atoms with Crippen LogP contribution in [0.2, 0.25) is 0 Å². The van der Waals surface area contributed by atoms with Gasteiger partial charge in [0.05, 0.1) is 10.2 Å². The Morgan fingerprint density at radius 3 is 2.39 bits per heavy atom. The topological polar surface area (TPSA) is 60.5 Å². The van der Waals surface area contributed by atoms with Gasteiger partial charge in [-0.25, -0.2) is 4.98 Å². The highest BCUT2D eigenvalue weighted by molar-refractivity contribution is 8.01. The average Bonchev–Trinajstić information content (AvgIpc) is 3.02. The van der Waals surface area contributed by atoms with Crippen molar-refractivity contribution in [2.45, 2.75) is 4.34 Å². The van der Waals surface area contributed by atoms with Crippen molar-refractivity contribution < 1.29 is 0 Å². The fourth-order valence-corrected chi connectivity index (χ4v) is 4.27. The van der Waals surface area contributed by atoms with Gasteiger partial charge in [0, 0.05) is 5.75 Å². The number of para-hydroxylation sites is 1. The van der Waals surface area contributed by atoms with Crippen LogP contribution >= 0.6 is 23.1 Å². The molecule has 3 nitrogen and oxygen atoms in total. The van der Waals surface area contributed by atoms with E-state index in [0.29, 0.717) is 5.75 Å². The molecule has 5 heteroatoms. The maximum absolute atomic E-state index is 9.22. The first-order chi connectivity index (χ1) is 11.3. The Labute approximate surface area is 142 Å². The van der Waals surface area contributed by atoms with E-state index in [0.717, 1.165) is 25.7 Å². The first kappa shape index (κ1) is 15.3. The lowest BCUT2D eigenvalue weighted by molar-refractivity contribution is 1.30. The second-order valence-corrected chi connectivity index (χ2v) is 6.93. The number of aromatic nitrogens is 1. The van der Waals surface area contributed by atoms with Crippen molar-refractivity contribution in [3.05, 3.63) is 65.7 Å². The molecule has 0 N–H and O–H groups in total. The van der Waals surface area contributed by atoms with E-state index in [1.807, 2.05) is 66.7 Å². The average molecular weight is 333 g/mol. The van der Waals surface area contributed by atoms with Gasteiger partial charge in [-0.05, 0) is 23.3 Å². The molecule has 2 aromatic carbocycles. The minimum Gasteiger partial charge on any atom is -0.230 e. The van der Waals surface area contributed by atoms with E-state index in [-0.39, 0.29) is 5.57 Å². The summed E-state index contributed by atoms with van der Waals surface area (Å²) in [5.74, 6) is 0.542. The van der Waals surface area contributed by atoms with Crippen molar-refractivity contribution in [3.63, 3.8) is 0 Å². The van der Waals surface area contributed by atoms with Gasteiger partial charge in [-0.3, -0.25) is 0 Å². The minimum atomic E-state index is 0.157. The van der Waals surface area contributed by atoms with Crippen molar-refractivity contribution in [3.8, 4) is 12.1 Å². The van der Waals surface area contributed by atoms with Crippen molar-refractivity contribution in [1.82, 2.24) is 4.98 Å². The number of nitrogens with zero attached hydrogens (tertiary/aromatic N) is 3. The number of thiazole rings is 1. The lowest BCUT2D eigenvalue weighted by Gasteiger charge is -2.06. The molecular formula is C18H11N3S2. The number of nitriles is 2. The van der Waals surface area contributed by atoms with Gasteiger partial charge in [-0.1, -0.05) is 54.2 Å². The number of benzene rings is 2. The standard InChI is InChI=1S/C18H11N3S2/c19-10-14(11-20)15(13-6-2-1-3-7-13)12-22-18-21-16-8-4-5-9-17(16)23-18/h1-9H,12H2. The predicted octanol–water partition coefficient (Wildman–Crippen LogP) is 4.89. The Kier molecular flexibility index (Phi) is 4.73. The largest absolute Gasteiger partial charge is 0.230 e. The van der Waals surface area contributed by atoms with Crippen molar-refractivity contribution in [2.75, 3.05) is 5.75 Å². The second kappa shape index (κ2) is 7.11. The third-order valence-corrected chi connectivity index (χ3v) is 5.47. The van der Waals surface area contributed by atoms with Crippen LogP contribution in [0.4, 0.5) is 0 Å². The number of allylic oxidation sites excluding steroid dienone is 1. The van der Waals surface area contributed by atoms with Gasteiger partial charge in [-0.15, -0.1) is 11.3 Å². The number of hydrogen-bond donors (Lipinski definition) is 0. The van der Waals surface area contributed by atoms with Crippen molar-refractivity contribution in [1.29, 1.82) is 10.5 Å². The van der Waals surface area contributed by atoms with Crippen LogP contribution in [-0.2, 0) is 0 Å². The maximum atomic E-state index is 9.22. The zero-order valence-electron chi connectivity index (χ0n) is 12.1. The summed E-state index contributed by atoms with van der Waals surface area (Å²) in [4.78, 5) is 4.58. The molecule has 23 heavy (non-hydrogen) atoms. The molecule has 0 saturated carbocycles. The molecule has 0 bridgehead atoms. The summed E-state index contributed by atoms with van der Waals surface area (Å²) >= 11 is 3.18. The summed E-state index contributed by atoms with van der Waals surface area (Å²) in [6.45, 7) is 0. The van der Waals surface area contributed by atoms with Gasteiger partial charge in [-0.2, -0.15) is 10.5 Å². The molecule has 0 aliphatic carbocycles. The lowest BCUT2D eigenvalue weighted by atomic mass is 10.0. The third kappa shape index (κ3) is 3.43. The molecule has 0 unspecified atom stereocenters. The van der Waals surface area contributed by atoms with Gasteiger partial charge in [0.1, 0.15) is 17.7 Å². The Balaban J connectivity index is 1.89. The van der Waals surface area contributed by atoms with Gasteiger partial charge in [0.2, 0.25) is 0 Å². The van der Waals surface area contributed by atoms with Gasteiger partial charge >= 0.3 is 0 Å². The summed E-state index contributed by atoms with van der Waals surface area (Å²) in [5, 5.41) is 18.4. The summed E-state index contributed by atoms with van der Waals surface area (Å²) in [7, 11) is 0. The highest BCUT2D eigenvalue weighted by Crippen LogP contribution is 2.33. The third-order valence-electron chi connectivity index (χ3n) is 3.26. The molecule has 3 rings (SSSR count). The van der Waals surface area contributed by atoms with E-state index in [4.69, 9.17) is 0 Å². The molecule has 0 aliphatic rings. The molecule has 1 aromatic heterocycles. The van der Waals surface area contributed by atoms with Crippen LogP contribution in [0.25, 0.3) is 15.8 Å². The molecule has 0 radical (unpaired) electrons. The molecular weight excluding hydrogens is 322 g/mol. The van der Waals surface area contributed by atoms with Crippen LogP contribution in [0, 0.1) is 22.7 Å². The van der Waals surface area contributed by atoms with Gasteiger partial charge in [0.15, 0.2) is 4.34 Å². The first-order valence-corrected chi connectivity index (χ1v) is 8.69. The monoisotopic (exact) mass is 333 g/mol. The Morgan fingerprint density at radius 2 is 1.70 bits per heavy atom. The van der Waals surface area contributed by atoms with E-state index in [9.17, 15) is 10.5 Å². The summed E-state index contributed by atoms with van der Waals surface area (Å²) in [5.41, 5.74) is 2.79. The molecule has 0 amide bonds. The summed E-state index contributed by atoms with van der Waals surface area (Å²) < 4.78 is 2.08. The fraction of sp³-hybridized carbons (Fsp3) is 0.0556. The second-order valence-electron chi connectivity index (χ2n) is 4.68. The van der Waals surface area contributed by atoms with Crippen LogP contribution in [0.15, 0.2) is 64.5 Å². The molecule has 0 saturated heterocycles. The minimum absolute atomic E-state index is 0.157. The number of fused-ring (bicyclic) bond motifs is 1. The number of hydrogen-bond acceptors (Lipinski definition) is 5. The van der Waals surface area contributed by atoms with Gasteiger partial charge < -0.3 is 0 Å².